The number of nitrogens with zero attached hydrogens (tertiary/aromatic N) is 2. The van der Waals surface area contributed by atoms with Crippen molar-refractivity contribution >= 4 is 29.9 Å². The summed E-state index contributed by atoms with van der Waals surface area (Å²) in [6, 6.07) is 11.6. The number of ether oxygens (including phenoxy) is 2. The van der Waals surface area contributed by atoms with Crippen molar-refractivity contribution in [3.63, 3.8) is 0 Å². The van der Waals surface area contributed by atoms with E-state index in [1.165, 1.54) is 0 Å². The lowest BCUT2D eigenvalue weighted by atomic mass is 10.2. The molecule has 1 aliphatic rings. The highest BCUT2D eigenvalue weighted by Gasteiger charge is 2.11. The van der Waals surface area contributed by atoms with Crippen LogP contribution < -0.4 is 20.1 Å². The van der Waals surface area contributed by atoms with Crippen LogP contribution in [-0.4, -0.2) is 30.6 Å². The van der Waals surface area contributed by atoms with Crippen LogP contribution in [0.4, 0.5) is 0 Å². The molecule has 0 saturated carbocycles. The highest BCUT2D eigenvalue weighted by atomic mass is 127. The second-order valence-electron chi connectivity index (χ2n) is 5.73. The van der Waals surface area contributed by atoms with Crippen molar-refractivity contribution in [2.75, 3.05) is 19.7 Å². The van der Waals surface area contributed by atoms with Crippen LogP contribution in [0.15, 0.2) is 47.6 Å². The minimum absolute atomic E-state index is 0. The Labute approximate surface area is 171 Å². The zero-order valence-electron chi connectivity index (χ0n) is 14.9. The first-order valence-electron chi connectivity index (χ1n) is 8.72. The van der Waals surface area contributed by atoms with Gasteiger partial charge in [0.15, 0.2) is 17.5 Å². The summed E-state index contributed by atoms with van der Waals surface area (Å²) in [5.41, 5.74) is 0.961. The molecule has 1 aliphatic heterocycles. The lowest BCUT2D eigenvalue weighted by molar-refractivity contribution is 0.300. The van der Waals surface area contributed by atoms with Crippen LogP contribution in [0.25, 0.3) is 0 Å². The van der Waals surface area contributed by atoms with Crippen LogP contribution in [0.2, 0.25) is 0 Å². The zero-order valence-corrected chi connectivity index (χ0v) is 17.2. The van der Waals surface area contributed by atoms with Gasteiger partial charge in [0.2, 0.25) is 5.88 Å². The van der Waals surface area contributed by atoms with Crippen LogP contribution in [0, 0.1) is 0 Å². The number of hydrogen-bond donors (Lipinski definition) is 2. The second-order valence-corrected chi connectivity index (χ2v) is 5.73. The van der Waals surface area contributed by atoms with Crippen LogP contribution in [0.3, 0.4) is 0 Å². The first kappa shape index (κ1) is 20.3. The monoisotopic (exact) mass is 468 g/mol. The van der Waals surface area contributed by atoms with Gasteiger partial charge in [0.05, 0.1) is 6.61 Å². The maximum absolute atomic E-state index is 6.04. The molecule has 140 valence electrons. The highest BCUT2D eigenvalue weighted by molar-refractivity contribution is 14.0. The first-order valence-corrected chi connectivity index (χ1v) is 8.72. The van der Waals surface area contributed by atoms with Crippen molar-refractivity contribution in [3.05, 3.63) is 48.2 Å². The fourth-order valence-corrected chi connectivity index (χ4v) is 2.45. The number of rotatable bonds is 7. The molecule has 6 nitrogen and oxygen atoms in total. The van der Waals surface area contributed by atoms with E-state index in [2.05, 4.69) is 27.5 Å². The van der Waals surface area contributed by atoms with Crippen molar-refractivity contribution < 1.29 is 9.47 Å². The summed E-state index contributed by atoms with van der Waals surface area (Å²) in [5.74, 6) is 2.79. The standard InChI is InChI=1S/C19H24N4O2.HI/c1-2-13-24-16-8-3-4-9-17(16)25-18-15(7-5-10-20-18)14-23-19-21-11-6-12-22-19;/h3-5,7-10H,2,6,11-14H2,1H3,(H2,21,22,23);1H. The largest absolute Gasteiger partial charge is 0.490 e. The Morgan fingerprint density at radius 1 is 1.15 bits per heavy atom. The minimum atomic E-state index is 0. The van der Waals surface area contributed by atoms with Gasteiger partial charge in [0, 0.05) is 31.4 Å². The van der Waals surface area contributed by atoms with Gasteiger partial charge in [0.1, 0.15) is 0 Å². The van der Waals surface area contributed by atoms with Crippen molar-refractivity contribution in [2.24, 2.45) is 4.99 Å². The second kappa shape index (κ2) is 10.8. The number of para-hydroxylation sites is 2. The van der Waals surface area contributed by atoms with Gasteiger partial charge < -0.3 is 20.1 Å². The van der Waals surface area contributed by atoms with Crippen LogP contribution >= 0.6 is 24.0 Å². The molecular formula is C19H25IN4O2. The molecule has 0 fully saturated rings. The fraction of sp³-hybridized carbons (Fsp3) is 0.368. The SMILES string of the molecule is CCCOc1ccccc1Oc1ncccc1CNC1=NCCCN1.I. The van der Waals surface area contributed by atoms with Gasteiger partial charge in [-0.15, -0.1) is 24.0 Å². The van der Waals surface area contributed by atoms with Gasteiger partial charge in [-0.2, -0.15) is 0 Å². The molecule has 0 spiro atoms. The minimum Gasteiger partial charge on any atom is -0.490 e. The summed E-state index contributed by atoms with van der Waals surface area (Å²) < 4.78 is 11.8. The number of guanidine groups is 1. The summed E-state index contributed by atoms with van der Waals surface area (Å²) in [6.07, 6.45) is 3.74. The van der Waals surface area contributed by atoms with E-state index in [9.17, 15) is 0 Å². The number of pyridine rings is 1. The predicted octanol–water partition coefficient (Wildman–Crippen LogP) is 3.72. The summed E-state index contributed by atoms with van der Waals surface area (Å²) in [5, 5.41) is 6.55. The third kappa shape index (κ3) is 5.76. The Hall–Kier alpha value is -2.03. The third-order valence-electron chi connectivity index (χ3n) is 3.71. The third-order valence-corrected chi connectivity index (χ3v) is 3.71. The van der Waals surface area contributed by atoms with Crippen LogP contribution in [0.5, 0.6) is 17.4 Å². The molecule has 2 N–H and O–H groups in total. The van der Waals surface area contributed by atoms with Gasteiger partial charge in [-0.05, 0) is 31.0 Å². The van der Waals surface area contributed by atoms with Gasteiger partial charge in [-0.3, -0.25) is 4.99 Å². The molecule has 2 heterocycles. The Kier molecular flexibility index (Phi) is 8.46. The molecule has 1 aromatic carbocycles. The van der Waals surface area contributed by atoms with E-state index >= 15 is 0 Å². The average Bonchev–Trinajstić information content (AvgIpc) is 2.67. The van der Waals surface area contributed by atoms with E-state index in [1.807, 2.05) is 36.4 Å². The first-order chi connectivity index (χ1) is 12.4. The molecule has 1 aromatic heterocycles. The number of benzene rings is 1. The molecule has 0 amide bonds. The fourth-order valence-electron chi connectivity index (χ4n) is 2.45. The Bertz CT molecular complexity index is 724. The summed E-state index contributed by atoms with van der Waals surface area (Å²) in [4.78, 5) is 8.80. The molecule has 0 saturated heterocycles. The predicted molar refractivity (Wildman–Crippen MR) is 114 cm³/mol. The maximum Gasteiger partial charge on any atom is 0.224 e. The van der Waals surface area contributed by atoms with Crippen molar-refractivity contribution in [2.45, 2.75) is 26.3 Å². The smallest absolute Gasteiger partial charge is 0.224 e. The molecule has 3 rings (SSSR count). The number of aromatic nitrogens is 1. The van der Waals surface area contributed by atoms with E-state index in [0.29, 0.717) is 24.8 Å². The van der Waals surface area contributed by atoms with E-state index in [4.69, 9.17) is 9.47 Å². The van der Waals surface area contributed by atoms with Crippen molar-refractivity contribution in [3.8, 4) is 17.4 Å². The van der Waals surface area contributed by atoms with E-state index in [-0.39, 0.29) is 24.0 Å². The zero-order chi connectivity index (χ0) is 17.3. The topological polar surface area (TPSA) is 67.8 Å². The number of halogens is 1. The quantitative estimate of drug-likeness (QED) is 0.607. The normalized spacial score (nSPS) is 13.0. The average molecular weight is 468 g/mol. The Balaban J connectivity index is 0.00000243. The molecule has 2 aromatic rings. The number of nitrogens with one attached hydrogen (secondary N) is 2. The van der Waals surface area contributed by atoms with Crippen molar-refractivity contribution in [1.29, 1.82) is 0 Å². The summed E-state index contributed by atoms with van der Waals surface area (Å²) >= 11 is 0. The molecule has 0 atom stereocenters. The Morgan fingerprint density at radius 3 is 2.77 bits per heavy atom. The summed E-state index contributed by atoms with van der Waals surface area (Å²) in [7, 11) is 0. The van der Waals surface area contributed by atoms with Gasteiger partial charge >= 0.3 is 0 Å². The van der Waals surface area contributed by atoms with Gasteiger partial charge in [0.25, 0.3) is 0 Å². The van der Waals surface area contributed by atoms with Crippen LogP contribution in [-0.2, 0) is 6.54 Å². The molecule has 7 heteroatoms. The maximum atomic E-state index is 6.04. The lowest BCUT2D eigenvalue weighted by Gasteiger charge is -2.17. The van der Waals surface area contributed by atoms with Gasteiger partial charge in [-0.25, -0.2) is 4.98 Å². The molecule has 0 unspecified atom stereocenters. The van der Waals surface area contributed by atoms with E-state index in [0.717, 1.165) is 43.2 Å². The molecule has 26 heavy (non-hydrogen) atoms. The van der Waals surface area contributed by atoms with Crippen LogP contribution in [0.1, 0.15) is 25.3 Å². The summed E-state index contributed by atoms with van der Waals surface area (Å²) in [6.45, 7) is 5.13. The van der Waals surface area contributed by atoms with E-state index < -0.39 is 0 Å². The lowest BCUT2D eigenvalue weighted by Crippen LogP contribution is -2.40. The number of hydrogen-bond acceptors (Lipinski definition) is 6. The Morgan fingerprint density at radius 2 is 2.00 bits per heavy atom. The molecule has 0 radical (unpaired) electrons. The van der Waals surface area contributed by atoms with E-state index in [1.54, 1.807) is 6.20 Å². The molecule has 0 aliphatic carbocycles. The molecule has 0 bridgehead atoms. The highest BCUT2D eigenvalue weighted by Crippen LogP contribution is 2.31. The van der Waals surface area contributed by atoms with Crippen molar-refractivity contribution in [1.82, 2.24) is 15.6 Å². The molecular weight excluding hydrogens is 443 g/mol. The number of aliphatic imine (C=N–C) groups is 1. The van der Waals surface area contributed by atoms with Gasteiger partial charge in [-0.1, -0.05) is 25.1 Å².